The number of nitrogens with one attached hydrogen (secondary N) is 2. The summed E-state index contributed by atoms with van der Waals surface area (Å²) in [4.78, 5) is 64.8. The number of nitrogens with zero attached hydrogens (tertiary/aromatic N) is 4. The van der Waals surface area contributed by atoms with Crippen molar-refractivity contribution in [3.63, 3.8) is 0 Å². The van der Waals surface area contributed by atoms with E-state index in [0.717, 1.165) is 86.3 Å². The summed E-state index contributed by atoms with van der Waals surface area (Å²) in [5.41, 5.74) is -0.509. The summed E-state index contributed by atoms with van der Waals surface area (Å²) >= 11 is 0. The van der Waals surface area contributed by atoms with Gasteiger partial charge in [-0.05, 0) is 81.3 Å². The predicted molar refractivity (Wildman–Crippen MR) is 215 cm³/mol. The topological polar surface area (TPSA) is 163 Å². The van der Waals surface area contributed by atoms with Gasteiger partial charge in [0.15, 0.2) is 0 Å². The van der Waals surface area contributed by atoms with Crippen LogP contribution in [0.3, 0.4) is 0 Å². The van der Waals surface area contributed by atoms with E-state index in [-0.39, 0.29) is 37.5 Å². The molecule has 0 radical (unpaired) electrons. The molecule has 0 spiro atoms. The highest BCUT2D eigenvalue weighted by atomic mass is 16.6. The van der Waals surface area contributed by atoms with Crippen LogP contribution in [0.2, 0.25) is 0 Å². The van der Waals surface area contributed by atoms with E-state index >= 15 is 0 Å². The molecule has 14 heteroatoms. The molecular weight excluding hydrogens is 741 g/mol. The number of amides is 4. The maximum absolute atomic E-state index is 14.8. The summed E-state index contributed by atoms with van der Waals surface area (Å²) < 4.78 is 19.7. The van der Waals surface area contributed by atoms with E-state index in [0.29, 0.717) is 17.4 Å². The standard InChI is InChI=1S/C44H60N6O8/c1-6-27-24-44(27,41(53)48(5)55)47-38(51)34-23-30-25-50(34)40(52)37(43(2,3)4)46-42(54)58-35-22-26(35)12-8-7-9-14-32-36(31-13-10-11-15-33(31)45-39(32)57-30)56-29-18-20-49(21-19-29)28-16-17-28/h6,10-11,13,15,26-30,34-35,37,55H,1,7-9,12,14,16-25H2,2-5H3,(H,46,54)(H,47,51)/t26?,27-,30-,34+,35-,37-,44-/m1/s1. The average molecular weight is 801 g/mol. The fraction of sp³-hybridized carbons (Fsp3) is 0.659. The van der Waals surface area contributed by atoms with E-state index < -0.39 is 58.9 Å². The lowest BCUT2D eigenvalue weighted by atomic mass is 9.85. The lowest BCUT2D eigenvalue weighted by Gasteiger charge is -2.35. The first kappa shape index (κ1) is 40.4. The quantitative estimate of drug-likeness (QED) is 0.194. The lowest BCUT2D eigenvalue weighted by Crippen LogP contribution is -2.59. The summed E-state index contributed by atoms with van der Waals surface area (Å²) in [5, 5.41) is 17.3. The van der Waals surface area contributed by atoms with E-state index in [1.54, 1.807) is 6.08 Å². The number of ether oxygens (including phenoxy) is 3. The van der Waals surface area contributed by atoms with Gasteiger partial charge in [-0.2, -0.15) is 0 Å². The van der Waals surface area contributed by atoms with Crippen molar-refractivity contribution in [2.75, 3.05) is 26.7 Å². The molecule has 1 aromatic carbocycles. The zero-order valence-electron chi connectivity index (χ0n) is 34.4. The predicted octanol–water partition coefficient (Wildman–Crippen LogP) is 5.14. The SMILES string of the molecule is C=C[C@@H]1C[C@]1(NC(=O)[C@@H]1C[C@@H]2CN1C(=O)[C@H](C(C)(C)C)NC(=O)O[C@@H]1CC1CCCCCc1c(nc3ccccc3c1OC1CCN(C3CC3)CC1)O2)C(=O)N(C)O. The fourth-order valence-corrected chi connectivity index (χ4v) is 9.41. The van der Waals surface area contributed by atoms with Crippen LogP contribution in [0.15, 0.2) is 36.9 Å². The molecule has 58 heavy (non-hydrogen) atoms. The summed E-state index contributed by atoms with van der Waals surface area (Å²) in [6.07, 6.45) is 10.2. The molecule has 14 nitrogen and oxygen atoms in total. The van der Waals surface area contributed by atoms with Crippen LogP contribution in [0.4, 0.5) is 4.79 Å². The normalized spacial score (nSPS) is 31.0. The maximum atomic E-state index is 14.8. The van der Waals surface area contributed by atoms with E-state index in [4.69, 9.17) is 19.2 Å². The Morgan fingerprint density at radius 1 is 1.07 bits per heavy atom. The number of carbonyl (C=O) groups is 4. The van der Waals surface area contributed by atoms with Crippen molar-refractivity contribution in [2.45, 2.75) is 140 Å². The van der Waals surface area contributed by atoms with E-state index in [1.165, 1.54) is 24.8 Å². The molecule has 5 fully saturated rings. The number of alkyl carbamates (subject to hydrolysis) is 1. The first-order chi connectivity index (χ1) is 27.8. The van der Waals surface area contributed by atoms with Gasteiger partial charge in [-0.15, -0.1) is 6.58 Å². The van der Waals surface area contributed by atoms with Gasteiger partial charge < -0.3 is 34.6 Å². The Bertz CT molecular complexity index is 1920. The molecule has 4 heterocycles. The Labute approximate surface area is 340 Å². The molecule has 3 aliphatic heterocycles. The molecule has 2 bridgehead atoms. The molecule has 1 unspecified atom stereocenters. The van der Waals surface area contributed by atoms with Crippen LogP contribution in [0.5, 0.6) is 11.6 Å². The number of likely N-dealkylation sites (N-methyl/N-ethyl adjacent to an activating group) is 1. The minimum absolute atomic E-state index is 0.0282. The molecule has 7 atom stereocenters. The van der Waals surface area contributed by atoms with Crippen molar-refractivity contribution >= 4 is 34.7 Å². The van der Waals surface area contributed by atoms with E-state index in [1.807, 2.05) is 39.0 Å². The van der Waals surface area contributed by atoms with Gasteiger partial charge in [0.1, 0.15) is 41.7 Å². The number of likely N-dealkylation sites (tertiary alicyclic amines) is 1. The monoisotopic (exact) mass is 800 g/mol. The summed E-state index contributed by atoms with van der Waals surface area (Å²) in [6.45, 7) is 11.5. The van der Waals surface area contributed by atoms with Crippen LogP contribution < -0.4 is 20.1 Å². The third-order valence-corrected chi connectivity index (χ3v) is 13.2. The van der Waals surface area contributed by atoms with Gasteiger partial charge in [-0.3, -0.25) is 19.6 Å². The fourth-order valence-electron chi connectivity index (χ4n) is 9.41. The van der Waals surface area contributed by atoms with Crippen molar-refractivity contribution in [3.05, 3.63) is 42.5 Å². The first-order valence-corrected chi connectivity index (χ1v) is 21.4. The van der Waals surface area contributed by atoms with Gasteiger partial charge in [-0.1, -0.05) is 51.8 Å². The third kappa shape index (κ3) is 8.36. The molecule has 3 saturated carbocycles. The number of fused-ring (bicyclic) bond motifs is 5. The lowest BCUT2D eigenvalue weighted by molar-refractivity contribution is -0.164. The number of rotatable bonds is 7. The Morgan fingerprint density at radius 2 is 1.83 bits per heavy atom. The number of para-hydroxylation sites is 1. The number of pyridine rings is 1. The Hall–Kier alpha value is -4.43. The molecule has 2 saturated heterocycles. The Balaban J connectivity index is 1.14. The van der Waals surface area contributed by atoms with Crippen molar-refractivity contribution < 1.29 is 38.6 Å². The highest BCUT2D eigenvalue weighted by Crippen LogP contribution is 2.46. The zero-order valence-corrected chi connectivity index (χ0v) is 34.4. The zero-order chi connectivity index (χ0) is 40.9. The molecule has 1 aromatic heterocycles. The molecular formula is C44H60N6O8. The third-order valence-electron chi connectivity index (χ3n) is 13.2. The van der Waals surface area contributed by atoms with Crippen molar-refractivity contribution in [3.8, 4) is 11.6 Å². The largest absolute Gasteiger partial charge is 0.489 e. The van der Waals surface area contributed by atoms with Gasteiger partial charge in [0, 0.05) is 43.9 Å². The molecule has 3 aliphatic carbocycles. The van der Waals surface area contributed by atoms with Gasteiger partial charge in [-0.25, -0.2) is 14.8 Å². The number of piperidine rings is 1. The molecule has 314 valence electrons. The summed E-state index contributed by atoms with van der Waals surface area (Å²) in [7, 11) is 1.22. The second-order valence-electron chi connectivity index (χ2n) is 18.6. The number of hydrogen-bond acceptors (Lipinski definition) is 10. The number of benzene rings is 1. The van der Waals surface area contributed by atoms with Crippen LogP contribution in [0.25, 0.3) is 10.9 Å². The van der Waals surface area contributed by atoms with Gasteiger partial charge in [0.25, 0.3) is 5.91 Å². The van der Waals surface area contributed by atoms with Crippen molar-refractivity contribution in [1.82, 2.24) is 30.5 Å². The molecule has 8 rings (SSSR count). The number of hydroxylamine groups is 2. The summed E-state index contributed by atoms with van der Waals surface area (Å²) in [5.74, 6) is -0.587. The second-order valence-corrected chi connectivity index (χ2v) is 18.6. The second kappa shape index (κ2) is 16.0. The Morgan fingerprint density at radius 3 is 2.52 bits per heavy atom. The molecule has 3 N–H and O–H groups in total. The van der Waals surface area contributed by atoms with Crippen LogP contribution >= 0.6 is 0 Å². The van der Waals surface area contributed by atoms with E-state index in [2.05, 4.69) is 28.2 Å². The van der Waals surface area contributed by atoms with Gasteiger partial charge in [0.05, 0.1) is 17.6 Å². The molecule has 2 aromatic rings. The average Bonchev–Trinajstić information content (AvgIpc) is 4.14. The van der Waals surface area contributed by atoms with Gasteiger partial charge >= 0.3 is 6.09 Å². The van der Waals surface area contributed by atoms with E-state index in [9.17, 15) is 24.4 Å². The highest BCUT2D eigenvalue weighted by molar-refractivity contribution is 5.98. The first-order valence-electron chi connectivity index (χ1n) is 21.4. The number of aromatic nitrogens is 1. The van der Waals surface area contributed by atoms with Crippen LogP contribution in [0, 0.1) is 17.3 Å². The van der Waals surface area contributed by atoms with Crippen LogP contribution in [-0.2, 0) is 25.5 Å². The van der Waals surface area contributed by atoms with Crippen molar-refractivity contribution in [1.29, 1.82) is 0 Å². The highest BCUT2D eigenvalue weighted by Gasteiger charge is 2.62. The van der Waals surface area contributed by atoms with Gasteiger partial charge in [0.2, 0.25) is 17.7 Å². The smallest absolute Gasteiger partial charge is 0.408 e. The molecule has 4 amide bonds. The maximum Gasteiger partial charge on any atom is 0.408 e. The van der Waals surface area contributed by atoms with Crippen LogP contribution in [0.1, 0.15) is 97.0 Å². The minimum atomic E-state index is -1.39. The van der Waals surface area contributed by atoms with Crippen molar-refractivity contribution in [2.24, 2.45) is 17.3 Å². The van der Waals surface area contributed by atoms with Crippen LogP contribution in [-0.4, -0.2) is 118 Å². The summed E-state index contributed by atoms with van der Waals surface area (Å²) in [6, 6.07) is 6.59. The molecule has 6 aliphatic rings. The Kier molecular flexibility index (Phi) is 11.1. The number of carbonyl (C=O) groups excluding carboxylic acids is 4. The number of hydrogen-bond donors (Lipinski definition) is 3. The minimum Gasteiger partial charge on any atom is -0.489 e.